The summed E-state index contributed by atoms with van der Waals surface area (Å²) in [5, 5.41) is 7.12. The van der Waals surface area contributed by atoms with Crippen molar-refractivity contribution in [3.8, 4) is 0 Å². The molecule has 0 spiro atoms. The molecule has 1 aromatic heterocycles. The number of nitrogens with one attached hydrogen (secondary N) is 1. The van der Waals surface area contributed by atoms with E-state index in [1.54, 1.807) is 7.11 Å². The van der Waals surface area contributed by atoms with Crippen molar-refractivity contribution >= 4 is 12.2 Å². The molecule has 1 heterocycles. The summed E-state index contributed by atoms with van der Waals surface area (Å²) in [6, 6.07) is 0. The number of methoxy groups -OCH3 is 1. The zero-order valence-electron chi connectivity index (χ0n) is 11.1. The molecule has 0 amide bonds. The van der Waals surface area contributed by atoms with E-state index in [1.165, 1.54) is 0 Å². The molecule has 1 aromatic rings. The zero-order valence-corrected chi connectivity index (χ0v) is 11.9. The van der Waals surface area contributed by atoms with Crippen molar-refractivity contribution in [2.75, 3.05) is 33.9 Å². The molecule has 0 saturated carbocycles. The summed E-state index contributed by atoms with van der Waals surface area (Å²) in [5.41, 5.74) is 0. The third kappa shape index (κ3) is 4.22. The van der Waals surface area contributed by atoms with Crippen LogP contribution in [0.5, 0.6) is 0 Å². The average Bonchev–Trinajstić information content (AvgIpc) is 2.65. The molecule has 0 bridgehead atoms. The molecule has 0 aromatic carbocycles. The van der Waals surface area contributed by atoms with Gasteiger partial charge in [-0.15, -0.1) is 0 Å². The van der Waals surface area contributed by atoms with Gasteiger partial charge in [0.2, 0.25) is 0 Å². The quantitative estimate of drug-likeness (QED) is 0.755. The molecule has 98 valence electrons. The lowest BCUT2D eigenvalue weighted by Gasteiger charge is -2.17. The van der Waals surface area contributed by atoms with Gasteiger partial charge in [-0.3, -0.25) is 5.10 Å². The van der Waals surface area contributed by atoms with E-state index < -0.39 is 0 Å². The lowest BCUT2D eigenvalue weighted by atomic mass is 10.2. The van der Waals surface area contributed by atoms with Gasteiger partial charge in [-0.25, -0.2) is 0 Å². The van der Waals surface area contributed by atoms with Crippen LogP contribution in [0.25, 0.3) is 0 Å². The smallest absolute Gasteiger partial charge is 0.195 e. The third-order valence-corrected chi connectivity index (χ3v) is 3.00. The number of ether oxygens (including phenoxy) is 1. The first-order valence-electron chi connectivity index (χ1n) is 5.88. The molecule has 0 fully saturated rings. The molecule has 0 unspecified atom stereocenters. The van der Waals surface area contributed by atoms with Gasteiger partial charge in [0.1, 0.15) is 5.82 Å². The lowest BCUT2D eigenvalue weighted by Crippen LogP contribution is -2.27. The van der Waals surface area contributed by atoms with Gasteiger partial charge in [0.15, 0.2) is 4.77 Å². The Hall–Kier alpha value is -0.720. The number of rotatable bonds is 7. The number of aromatic nitrogens is 3. The van der Waals surface area contributed by atoms with Crippen molar-refractivity contribution in [2.45, 2.75) is 26.3 Å². The minimum atomic E-state index is 0.382. The minimum absolute atomic E-state index is 0.382. The Kier molecular flexibility index (Phi) is 5.80. The van der Waals surface area contributed by atoms with Crippen molar-refractivity contribution < 1.29 is 4.74 Å². The molecule has 1 N–H and O–H groups in total. The number of hydrogen-bond acceptors (Lipinski definition) is 4. The highest BCUT2D eigenvalue weighted by molar-refractivity contribution is 7.71. The van der Waals surface area contributed by atoms with Crippen molar-refractivity contribution in [3.05, 3.63) is 10.6 Å². The van der Waals surface area contributed by atoms with Crippen LogP contribution in [0.15, 0.2) is 0 Å². The Morgan fingerprint density at radius 3 is 2.76 bits per heavy atom. The number of hydrogen-bond donors (Lipinski definition) is 1. The summed E-state index contributed by atoms with van der Waals surface area (Å²) >= 11 is 5.23. The van der Waals surface area contributed by atoms with Crippen LogP contribution < -0.4 is 0 Å². The van der Waals surface area contributed by atoms with Crippen LogP contribution in [0.2, 0.25) is 0 Å². The standard InChI is InChI=1S/C11H22N4OS/c1-9(2)10-12-13-11(17)15(10)6-5-14(3)7-8-16-4/h9H,5-8H2,1-4H3,(H,13,17). The molecule has 0 saturated heterocycles. The fourth-order valence-electron chi connectivity index (χ4n) is 1.62. The fourth-order valence-corrected chi connectivity index (χ4v) is 1.85. The zero-order chi connectivity index (χ0) is 12.8. The maximum atomic E-state index is 5.23. The average molecular weight is 258 g/mol. The van der Waals surface area contributed by atoms with Gasteiger partial charge >= 0.3 is 0 Å². The van der Waals surface area contributed by atoms with Gasteiger partial charge in [0.25, 0.3) is 0 Å². The first kappa shape index (κ1) is 14.3. The molecule has 0 aliphatic heterocycles. The first-order chi connectivity index (χ1) is 8.06. The Morgan fingerprint density at radius 1 is 1.47 bits per heavy atom. The molecule has 5 nitrogen and oxygen atoms in total. The molecule has 0 aliphatic carbocycles. The molecular formula is C11H22N4OS. The van der Waals surface area contributed by atoms with E-state index >= 15 is 0 Å². The Balaban J connectivity index is 2.56. The summed E-state index contributed by atoms with van der Waals surface area (Å²) in [5.74, 6) is 1.40. The summed E-state index contributed by atoms with van der Waals surface area (Å²) < 4.78 is 7.82. The molecule has 0 aliphatic rings. The van der Waals surface area contributed by atoms with Gasteiger partial charge in [0, 0.05) is 32.7 Å². The number of nitrogens with zero attached hydrogens (tertiary/aromatic N) is 3. The Morgan fingerprint density at radius 2 is 2.18 bits per heavy atom. The van der Waals surface area contributed by atoms with E-state index in [9.17, 15) is 0 Å². The molecular weight excluding hydrogens is 236 g/mol. The van der Waals surface area contributed by atoms with Crippen LogP contribution in [0.3, 0.4) is 0 Å². The van der Waals surface area contributed by atoms with Crippen LogP contribution in [0.1, 0.15) is 25.6 Å². The van der Waals surface area contributed by atoms with Crippen LogP contribution >= 0.6 is 12.2 Å². The van der Waals surface area contributed by atoms with E-state index in [0.29, 0.717) is 10.7 Å². The topological polar surface area (TPSA) is 46.1 Å². The largest absolute Gasteiger partial charge is 0.383 e. The highest BCUT2D eigenvalue weighted by Crippen LogP contribution is 2.11. The number of aromatic amines is 1. The van der Waals surface area contributed by atoms with Gasteiger partial charge in [-0.2, -0.15) is 5.10 Å². The maximum absolute atomic E-state index is 5.23. The maximum Gasteiger partial charge on any atom is 0.195 e. The van der Waals surface area contributed by atoms with E-state index in [1.807, 2.05) is 0 Å². The normalized spacial score (nSPS) is 11.6. The highest BCUT2D eigenvalue weighted by Gasteiger charge is 2.10. The molecule has 1 rings (SSSR count). The van der Waals surface area contributed by atoms with E-state index in [4.69, 9.17) is 17.0 Å². The summed E-state index contributed by atoms with van der Waals surface area (Å²) in [6.07, 6.45) is 0. The van der Waals surface area contributed by atoms with Gasteiger partial charge < -0.3 is 14.2 Å². The molecule has 17 heavy (non-hydrogen) atoms. The predicted molar refractivity (Wildman–Crippen MR) is 70.9 cm³/mol. The second-order valence-corrected chi connectivity index (χ2v) is 4.88. The highest BCUT2D eigenvalue weighted by atomic mass is 32.1. The number of H-pyrrole nitrogens is 1. The summed E-state index contributed by atoms with van der Waals surface area (Å²) in [4.78, 5) is 2.22. The van der Waals surface area contributed by atoms with Crippen molar-refractivity contribution in [3.63, 3.8) is 0 Å². The fraction of sp³-hybridized carbons (Fsp3) is 0.818. The molecule has 0 radical (unpaired) electrons. The summed E-state index contributed by atoms with van der Waals surface area (Å²) in [6.45, 7) is 7.73. The molecule has 6 heteroatoms. The van der Waals surface area contributed by atoms with Crippen LogP contribution in [0.4, 0.5) is 0 Å². The van der Waals surface area contributed by atoms with Crippen LogP contribution in [-0.4, -0.2) is 53.5 Å². The van der Waals surface area contributed by atoms with Crippen molar-refractivity contribution in [2.24, 2.45) is 0 Å². The first-order valence-corrected chi connectivity index (χ1v) is 6.29. The van der Waals surface area contributed by atoms with E-state index in [2.05, 4.69) is 40.6 Å². The Labute approximate surface area is 108 Å². The van der Waals surface area contributed by atoms with Crippen molar-refractivity contribution in [1.82, 2.24) is 19.7 Å². The van der Waals surface area contributed by atoms with Crippen LogP contribution in [-0.2, 0) is 11.3 Å². The predicted octanol–water partition coefficient (Wildman–Crippen LogP) is 1.64. The second-order valence-electron chi connectivity index (χ2n) is 4.49. The summed E-state index contributed by atoms with van der Waals surface area (Å²) in [7, 11) is 3.80. The Bertz CT molecular complexity index is 385. The van der Waals surface area contributed by atoms with E-state index in [-0.39, 0.29) is 0 Å². The van der Waals surface area contributed by atoms with Crippen molar-refractivity contribution in [1.29, 1.82) is 0 Å². The van der Waals surface area contributed by atoms with E-state index in [0.717, 1.165) is 32.1 Å². The third-order valence-electron chi connectivity index (χ3n) is 2.69. The second kappa shape index (κ2) is 6.88. The number of likely N-dealkylation sites (N-methyl/N-ethyl adjacent to an activating group) is 1. The monoisotopic (exact) mass is 258 g/mol. The van der Waals surface area contributed by atoms with Gasteiger partial charge in [-0.05, 0) is 19.3 Å². The lowest BCUT2D eigenvalue weighted by molar-refractivity contribution is 0.159. The SMILES string of the molecule is COCCN(C)CCn1c(C(C)C)n[nH]c1=S. The van der Waals surface area contributed by atoms with Gasteiger partial charge in [0.05, 0.1) is 6.61 Å². The van der Waals surface area contributed by atoms with Gasteiger partial charge in [-0.1, -0.05) is 13.8 Å². The van der Waals surface area contributed by atoms with Crippen LogP contribution in [0, 0.1) is 4.77 Å². The molecule has 0 atom stereocenters. The minimum Gasteiger partial charge on any atom is -0.383 e.